The van der Waals surface area contributed by atoms with E-state index >= 15 is 0 Å². The number of hydrogen-bond donors (Lipinski definition) is 1. The molecule has 1 aromatic heterocycles. The summed E-state index contributed by atoms with van der Waals surface area (Å²) in [6, 6.07) is 9.26. The van der Waals surface area contributed by atoms with E-state index in [0.717, 1.165) is 0 Å². The van der Waals surface area contributed by atoms with Crippen molar-refractivity contribution in [2.45, 2.75) is 38.6 Å². The zero-order valence-corrected chi connectivity index (χ0v) is 12.6. The first kappa shape index (κ1) is 12.8. The molecule has 0 fully saturated rings. The Hall–Kier alpha value is -1.19. The van der Waals surface area contributed by atoms with Crippen LogP contribution in [0.5, 0.6) is 0 Å². The lowest BCUT2D eigenvalue weighted by Gasteiger charge is -2.32. The minimum atomic E-state index is 0.435. The van der Waals surface area contributed by atoms with E-state index in [0.29, 0.717) is 12.0 Å². The number of benzene rings is 1. The fraction of sp³-hybridized carbons (Fsp3) is 0.438. The highest BCUT2D eigenvalue weighted by molar-refractivity contribution is 7.11. The lowest BCUT2D eigenvalue weighted by molar-refractivity contribution is 0.455. The van der Waals surface area contributed by atoms with Gasteiger partial charge in [-0.05, 0) is 50.8 Å². The molecule has 0 radical (unpaired) electrons. The van der Waals surface area contributed by atoms with Crippen LogP contribution in [0.2, 0.25) is 0 Å². The Balaban J connectivity index is 1.77. The second-order valence-corrected chi connectivity index (χ2v) is 6.59. The molecule has 1 aliphatic carbocycles. The Morgan fingerprint density at radius 2 is 2.16 bits per heavy atom. The van der Waals surface area contributed by atoms with Gasteiger partial charge in [0.05, 0.1) is 10.7 Å². The first-order chi connectivity index (χ1) is 9.19. The molecule has 2 atom stereocenters. The molecule has 3 rings (SSSR count). The summed E-state index contributed by atoms with van der Waals surface area (Å²) in [7, 11) is 2.06. The highest BCUT2D eigenvalue weighted by Crippen LogP contribution is 2.41. The van der Waals surface area contributed by atoms with Crippen molar-refractivity contribution < 1.29 is 0 Å². The first-order valence-electron chi connectivity index (χ1n) is 6.88. The minimum absolute atomic E-state index is 0.435. The smallest absolute Gasteiger partial charge is 0.0900 e. The molecule has 0 bridgehead atoms. The van der Waals surface area contributed by atoms with Crippen LogP contribution in [0.4, 0.5) is 0 Å². The van der Waals surface area contributed by atoms with Crippen molar-refractivity contribution in [1.29, 1.82) is 0 Å². The Morgan fingerprint density at radius 1 is 1.37 bits per heavy atom. The third-order valence-corrected chi connectivity index (χ3v) is 5.27. The molecule has 1 aromatic carbocycles. The van der Waals surface area contributed by atoms with Gasteiger partial charge in [0.2, 0.25) is 0 Å². The molecular formula is C16H20N2S. The van der Waals surface area contributed by atoms with Crippen LogP contribution in [0.1, 0.15) is 45.1 Å². The largest absolute Gasteiger partial charge is 0.312 e. The summed E-state index contributed by atoms with van der Waals surface area (Å²) in [5, 5.41) is 4.64. The van der Waals surface area contributed by atoms with Crippen LogP contribution in [-0.4, -0.2) is 12.0 Å². The number of nitrogens with one attached hydrogen (secondary N) is 1. The SMILES string of the molecule is CNC(CC1Cc2ccccc21)c1sc(C)nc1C. The summed E-state index contributed by atoms with van der Waals surface area (Å²) >= 11 is 1.83. The predicted molar refractivity (Wildman–Crippen MR) is 80.9 cm³/mol. The lowest BCUT2D eigenvalue weighted by atomic mass is 9.74. The van der Waals surface area contributed by atoms with Crippen molar-refractivity contribution in [1.82, 2.24) is 10.3 Å². The molecule has 1 heterocycles. The van der Waals surface area contributed by atoms with Crippen molar-refractivity contribution in [2.75, 3.05) is 7.05 Å². The number of aromatic nitrogens is 1. The monoisotopic (exact) mass is 272 g/mol. The summed E-state index contributed by atoms with van der Waals surface area (Å²) in [6.07, 6.45) is 2.40. The number of thiazole rings is 1. The topological polar surface area (TPSA) is 24.9 Å². The predicted octanol–water partition coefficient (Wildman–Crippen LogP) is 3.75. The van der Waals surface area contributed by atoms with Crippen molar-refractivity contribution >= 4 is 11.3 Å². The Morgan fingerprint density at radius 3 is 2.79 bits per heavy atom. The molecule has 0 spiro atoms. The van der Waals surface area contributed by atoms with Gasteiger partial charge in [-0.25, -0.2) is 4.98 Å². The molecule has 3 heteroatoms. The summed E-state index contributed by atoms with van der Waals surface area (Å²) < 4.78 is 0. The fourth-order valence-corrected chi connectivity index (χ4v) is 4.13. The van der Waals surface area contributed by atoms with Crippen molar-refractivity contribution in [3.05, 3.63) is 51.0 Å². The van der Waals surface area contributed by atoms with Gasteiger partial charge in [0.25, 0.3) is 0 Å². The molecule has 2 unspecified atom stereocenters. The number of fused-ring (bicyclic) bond motifs is 1. The molecule has 100 valence electrons. The average molecular weight is 272 g/mol. The summed E-state index contributed by atoms with van der Waals surface area (Å²) in [5.41, 5.74) is 4.26. The van der Waals surface area contributed by atoms with Gasteiger partial charge in [-0.15, -0.1) is 11.3 Å². The second kappa shape index (κ2) is 5.06. The number of aryl methyl sites for hydroxylation is 2. The van der Waals surface area contributed by atoms with Crippen molar-refractivity contribution in [3.63, 3.8) is 0 Å². The van der Waals surface area contributed by atoms with Crippen LogP contribution in [0.3, 0.4) is 0 Å². The average Bonchev–Trinajstić information content (AvgIpc) is 2.70. The standard InChI is InChI=1S/C16H20N2S/c1-10-16(19-11(2)18-10)15(17-3)9-13-8-12-6-4-5-7-14(12)13/h4-7,13,15,17H,8-9H2,1-3H3. The van der Waals surface area contributed by atoms with E-state index < -0.39 is 0 Å². The zero-order chi connectivity index (χ0) is 13.4. The highest BCUT2D eigenvalue weighted by atomic mass is 32.1. The van der Waals surface area contributed by atoms with E-state index in [-0.39, 0.29) is 0 Å². The summed E-state index contributed by atoms with van der Waals surface area (Å²) in [5.74, 6) is 0.704. The summed E-state index contributed by atoms with van der Waals surface area (Å²) in [6.45, 7) is 4.21. The van der Waals surface area contributed by atoms with Gasteiger partial charge < -0.3 is 5.32 Å². The lowest BCUT2D eigenvalue weighted by Crippen LogP contribution is -2.24. The molecule has 1 N–H and O–H groups in total. The van der Waals surface area contributed by atoms with Gasteiger partial charge in [-0.3, -0.25) is 0 Å². The van der Waals surface area contributed by atoms with E-state index in [2.05, 4.69) is 55.5 Å². The normalized spacial score (nSPS) is 18.8. The molecule has 19 heavy (non-hydrogen) atoms. The van der Waals surface area contributed by atoms with Gasteiger partial charge in [-0.1, -0.05) is 24.3 Å². The van der Waals surface area contributed by atoms with E-state index in [9.17, 15) is 0 Å². The van der Waals surface area contributed by atoms with Crippen molar-refractivity contribution in [2.24, 2.45) is 0 Å². The van der Waals surface area contributed by atoms with E-state index in [1.54, 1.807) is 5.56 Å². The quantitative estimate of drug-likeness (QED) is 0.917. The Kier molecular flexibility index (Phi) is 3.42. The van der Waals surface area contributed by atoms with E-state index in [4.69, 9.17) is 0 Å². The van der Waals surface area contributed by atoms with Gasteiger partial charge in [-0.2, -0.15) is 0 Å². The van der Waals surface area contributed by atoms with Crippen LogP contribution < -0.4 is 5.32 Å². The number of rotatable bonds is 4. The molecular weight excluding hydrogens is 252 g/mol. The third kappa shape index (κ3) is 2.33. The maximum atomic E-state index is 4.55. The number of hydrogen-bond acceptors (Lipinski definition) is 3. The van der Waals surface area contributed by atoms with Gasteiger partial charge in [0.15, 0.2) is 0 Å². The molecule has 2 nitrogen and oxygen atoms in total. The minimum Gasteiger partial charge on any atom is -0.312 e. The highest BCUT2D eigenvalue weighted by Gasteiger charge is 2.29. The molecule has 1 aliphatic rings. The van der Waals surface area contributed by atoms with E-state index in [1.165, 1.54) is 34.0 Å². The second-order valence-electron chi connectivity index (χ2n) is 5.36. The first-order valence-corrected chi connectivity index (χ1v) is 7.69. The van der Waals surface area contributed by atoms with Crippen LogP contribution in [0.15, 0.2) is 24.3 Å². The van der Waals surface area contributed by atoms with Crippen LogP contribution in [0, 0.1) is 13.8 Å². The van der Waals surface area contributed by atoms with E-state index in [1.807, 2.05) is 11.3 Å². The maximum absolute atomic E-state index is 4.55. The Labute approximate surface area is 118 Å². The van der Waals surface area contributed by atoms with Gasteiger partial charge in [0, 0.05) is 10.9 Å². The maximum Gasteiger partial charge on any atom is 0.0900 e. The Bertz CT molecular complexity index is 588. The summed E-state index contributed by atoms with van der Waals surface area (Å²) in [4.78, 5) is 5.96. The van der Waals surface area contributed by atoms with Gasteiger partial charge in [0.1, 0.15) is 0 Å². The number of nitrogens with zero attached hydrogens (tertiary/aromatic N) is 1. The third-order valence-electron chi connectivity index (χ3n) is 4.09. The molecule has 0 amide bonds. The fourth-order valence-electron chi connectivity index (χ4n) is 3.08. The molecule has 2 aromatic rings. The molecule has 0 saturated carbocycles. The molecule has 0 aliphatic heterocycles. The van der Waals surface area contributed by atoms with Crippen LogP contribution >= 0.6 is 11.3 Å². The zero-order valence-electron chi connectivity index (χ0n) is 11.7. The van der Waals surface area contributed by atoms with Crippen LogP contribution in [0.25, 0.3) is 0 Å². The molecule has 0 saturated heterocycles. The van der Waals surface area contributed by atoms with Crippen LogP contribution in [-0.2, 0) is 6.42 Å². The van der Waals surface area contributed by atoms with Crippen molar-refractivity contribution in [3.8, 4) is 0 Å². The van der Waals surface area contributed by atoms with Gasteiger partial charge >= 0.3 is 0 Å².